The summed E-state index contributed by atoms with van der Waals surface area (Å²) in [6, 6.07) is 9.57. The molecule has 0 aromatic heterocycles. The highest BCUT2D eigenvalue weighted by Crippen LogP contribution is 2.31. The number of halogens is 2. The van der Waals surface area contributed by atoms with E-state index in [4.69, 9.17) is 32.7 Å². The molecular weight excluding hydrogens is 361 g/mol. The standard InChI is InChI=1S/C15H13Cl2NO4S/c16-11-2-3-12(17)15(8-11)23(19,20)18-9-10-1-4-13-14(7-10)22-6-5-21-13/h1-4,7-8,18H,5-6,9H2. The van der Waals surface area contributed by atoms with E-state index in [0.717, 1.165) is 5.56 Å². The third kappa shape index (κ3) is 3.72. The van der Waals surface area contributed by atoms with Crippen molar-refractivity contribution in [2.24, 2.45) is 0 Å². The summed E-state index contributed by atoms with van der Waals surface area (Å²) in [6.45, 7) is 1.08. The van der Waals surface area contributed by atoms with Gasteiger partial charge in [-0.3, -0.25) is 0 Å². The molecule has 2 aromatic rings. The molecule has 23 heavy (non-hydrogen) atoms. The highest BCUT2D eigenvalue weighted by Gasteiger charge is 2.19. The lowest BCUT2D eigenvalue weighted by atomic mass is 10.2. The Morgan fingerprint density at radius 3 is 2.52 bits per heavy atom. The van der Waals surface area contributed by atoms with Gasteiger partial charge in [-0.05, 0) is 35.9 Å². The van der Waals surface area contributed by atoms with Crippen LogP contribution in [0.1, 0.15) is 5.56 Å². The minimum absolute atomic E-state index is 0.0517. The van der Waals surface area contributed by atoms with E-state index in [0.29, 0.717) is 29.7 Å². The fourth-order valence-electron chi connectivity index (χ4n) is 2.14. The van der Waals surface area contributed by atoms with Crippen LogP contribution >= 0.6 is 23.2 Å². The first kappa shape index (κ1) is 16.4. The van der Waals surface area contributed by atoms with Gasteiger partial charge < -0.3 is 9.47 Å². The molecule has 2 aromatic carbocycles. The van der Waals surface area contributed by atoms with Gasteiger partial charge in [-0.25, -0.2) is 13.1 Å². The topological polar surface area (TPSA) is 64.6 Å². The van der Waals surface area contributed by atoms with E-state index >= 15 is 0 Å². The first-order valence-electron chi connectivity index (χ1n) is 6.79. The first-order chi connectivity index (χ1) is 11.0. The van der Waals surface area contributed by atoms with Crippen molar-refractivity contribution in [2.75, 3.05) is 13.2 Å². The van der Waals surface area contributed by atoms with E-state index in [1.165, 1.54) is 18.2 Å². The number of hydrogen-bond donors (Lipinski definition) is 1. The van der Waals surface area contributed by atoms with Crippen molar-refractivity contribution in [1.29, 1.82) is 0 Å². The van der Waals surface area contributed by atoms with Crippen LogP contribution < -0.4 is 14.2 Å². The van der Waals surface area contributed by atoms with Gasteiger partial charge in [0.1, 0.15) is 18.1 Å². The molecule has 0 amide bonds. The molecule has 0 spiro atoms. The fraction of sp³-hybridized carbons (Fsp3) is 0.200. The van der Waals surface area contributed by atoms with E-state index in [-0.39, 0.29) is 16.5 Å². The van der Waals surface area contributed by atoms with Gasteiger partial charge in [0, 0.05) is 11.6 Å². The van der Waals surface area contributed by atoms with Crippen LogP contribution in [0.2, 0.25) is 10.0 Å². The molecule has 0 aliphatic carbocycles. The summed E-state index contributed by atoms with van der Waals surface area (Å²) < 4.78 is 38.1. The Bertz CT molecular complexity index is 839. The van der Waals surface area contributed by atoms with Gasteiger partial charge in [0.2, 0.25) is 10.0 Å². The van der Waals surface area contributed by atoms with E-state index in [1.54, 1.807) is 18.2 Å². The molecule has 1 aliphatic rings. The van der Waals surface area contributed by atoms with Crippen LogP contribution in [0.5, 0.6) is 11.5 Å². The van der Waals surface area contributed by atoms with Crippen molar-refractivity contribution in [3.8, 4) is 11.5 Å². The van der Waals surface area contributed by atoms with Crippen LogP contribution in [0, 0.1) is 0 Å². The van der Waals surface area contributed by atoms with Gasteiger partial charge in [0.05, 0.1) is 5.02 Å². The predicted octanol–water partition coefficient (Wildman–Crippen LogP) is 3.24. The minimum Gasteiger partial charge on any atom is -0.486 e. The van der Waals surface area contributed by atoms with Gasteiger partial charge in [-0.1, -0.05) is 29.3 Å². The van der Waals surface area contributed by atoms with Crippen LogP contribution in [-0.2, 0) is 16.6 Å². The van der Waals surface area contributed by atoms with E-state index in [2.05, 4.69) is 4.72 Å². The molecule has 0 unspecified atom stereocenters. The Hall–Kier alpha value is -1.47. The molecular formula is C15H13Cl2NO4S. The van der Waals surface area contributed by atoms with Crippen molar-refractivity contribution in [1.82, 2.24) is 4.72 Å². The zero-order chi connectivity index (χ0) is 16.4. The summed E-state index contributed by atoms with van der Waals surface area (Å²) in [5.41, 5.74) is 0.746. The van der Waals surface area contributed by atoms with Crippen LogP contribution in [-0.4, -0.2) is 21.6 Å². The predicted molar refractivity (Wildman–Crippen MR) is 87.9 cm³/mol. The normalized spacial score (nSPS) is 13.8. The Morgan fingerprint density at radius 1 is 1.00 bits per heavy atom. The summed E-state index contributed by atoms with van der Waals surface area (Å²) in [4.78, 5) is -0.0517. The molecule has 0 radical (unpaired) electrons. The van der Waals surface area contributed by atoms with Crippen LogP contribution in [0.15, 0.2) is 41.3 Å². The number of hydrogen-bond acceptors (Lipinski definition) is 4. The molecule has 3 rings (SSSR count). The lowest BCUT2D eigenvalue weighted by Crippen LogP contribution is -2.24. The molecule has 0 saturated heterocycles. The highest BCUT2D eigenvalue weighted by molar-refractivity contribution is 7.89. The summed E-state index contributed by atoms with van der Waals surface area (Å²) in [5, 5.41) is 0.415. The zero-order valence-corrected chi connectivity index (χ0v) is 14.2. The summed E-state index contributed by atoms with van der Waals surface area (Å²) in [7, 11) is -3.77. The van der Waals surface area contributed by atoms with Crippen LogP contribution in [0.25, 0.3) is 0 Å². The molecule has 0 saturated carbocycles. The average Bonchev–Trinajstić information content (AvgIpc) is 2.55. The highest BCUT2D eigenvalue weighted by atomic mass is 35.5. The summed E-state index contributed by atoms with van der Waals surface area (Å²) >= 11 is 11.8. The van der Waals surface area contributed by atoms with Gasteiger partial charge in [0.15, 0.2) is 11.5 Å². The molecule has 1 N–H and O–H groups in total. The second-order valence-corrected chi connectivity index (χ2v) is 7.46. The number of ether oxygens (including phenoxy) is 2. The van der Waals surface area contributed by atoms with E-state index < -0.39 is 10.0 Å². The quantitative estimate of drug-likeness (QED) is 0.893. The summed E-state index contributed by atoms with van der Waals surface area (Å²) in [6.07, 6.45) is 0. The number of rotatable bonds is 4. The van der Waals surface area contributed by atoms with E-state index in [9.17, 15) is 8.42 Å². The molecule has 0 atom stereocenters. The molecule has 8 heteroatoms. The number of fused-ring (bicyclic) bond motifs is 1. The fourth-order valence-corrected chi connectivity index (χ4v) is 3.92. The smallest absolute Gasteiger partial charge is 0.242 e. The summed E-state index contributed by atoms with van der Waals surface area (Å²) in [5.74, 6) is 1.26. The second-order valence-electron chi connectivity index (χ2n) is 4.88. The first-order valence-corrected chi connectivity index (χ1v) is 9.03. The van der Waals surface area contributed by atoms with Gasteiger partial charge in [0.25, 0.3) is 0 Å². The van der Waals surface area contributed by atoms with Crippen LogP contribution in [0.3, 0.4) is 0 Å². The van der Waals surface area contributed by atoms with Crippen molar-refractivity contribution in [3.63, 3.8) is 0 Å². The molecule has 5 nitrogen and oxygen atoms in total. The molecule has 0 fully saturated rings. The average molecular weight is 374 g/mol. The molecule has 0 bridgehead atoms. The number of sulfonamides is 1. The maximum atomic E-state index is 12.4. The molecule has 122 valence electrons. The van der Waals surface area contributed by atoms with Crippen molar-refractivity contribution < 1.29 is 17.9 Å². The van der Waals surface area contributed by atoms with E-state index in [1.807, 2.05) is 0 Å². The second kappa shape index (κ2) is 6.57. The third-order valence-electron chi connectivity index (χ3n) is 3.26. The van der Waals surface area contributed by atoms with Crippen LogP contribution in [0.4, 0.5) is 0 Å². The largest absolute Gasteiger partial charge is 0.486 e. The number of benzene rings is 2. The molecule has 1 aliphatic heterocycles. The SMILES string of the molecule is O=S(=O)(NCc1ccc2c(c1)OCCO2)c1cc(Cl)ccc1Cl. The van der Waals surface area contributed by atoms with Crippen molar-refractivity contribution in [2.45, 2.75) is 11.4 Å². The lowest BCUT2D eigenvalue weighted by Gasteiger charge is -2.19. The monoisotopic (exact) mass is 373 g/mol. The maximum Gasteiger partial charge on any atom is 0.242 e. The Morgan fingerprint density at radius 2 is 1.74 bits per heavy atom. The number of nitrogens with one attached hydrogen (secondary N) is 1. The third-order valence-corrected chi connectivity index (χ3v) is 5.37. The Balaban J connectivity index is 1.78. The molecule has 1 heterocycles. The van der Waals surface area contributed by atoms with Crippen molar-refractivity contribution in [3.05, 3.63) is 52.0 Å². The van der Waals surface area contributed by atoms with Gasteiger partial charge >= 0.3 is 0 Å². The minimum atomic E-state index is -3.77. The zero-order valence-electron chi connectivity index (χ0n) is 11.9. The lowest BCUT2D eigenvalue weighted by molar-refractivity contribution is 0.171. The van der Waals surface area contributed by atoms with Crippen molar-refractivity contribution >= 4 is 33.2 Å². The Kier molecular flexibility index (Phi) is 4.68. The van der Waals surface area contributed by atoms with Gasteiger partial charge in [-0.2, -0.15) is 0 Å². The Labute approximate surface area is 144 Å². The van der Waals surface area contributed by atoms with Gasteiger partial charge in [-0.15, -0.1) is 0 Å². The maximum absolute atomic E-state index is 12.4.